The van der Waals surface area contributed by atoms with Crippen molar-refractivity contribution in [3.63, 3.8) is 0 Å². The van der Waals surface area contributed by atoms with Crippen molar-refractivity contribution in [2.75, 3.05) is 26.2 Å². The average Bonchev–Trinajstić information content (AvgIpc) is 3.24. The van der Waals surface area contributed by atoms with Crippen molar-refractivity contribution in [1.29, 1.82) is 0 Å². The Bertz CT molecular complexity index is 653. The fourth-order valence-electron chi connectivity index (χ4n) is 4.33. The van der Waals surface area contributed by atoms with Gasteiger partial charge in [0.1, 0.15) is 0 Å². The van der Waals surface area contributed by atoms with Crippen LogP contribution in [0.25, 0.3) is 0 Å². The third-order valence-corrected chi connectivity index (χ3v) is 6.21. The number of hydrogen-bond acceptors (Lipinski definition) is 3. The summed E-state index contributed by atoms with van der Waals surface area (Å²) in [4.78, 5) is 28.9. The molecule has 0 unspecified atom stereocenters. The van der Waals surface area contributed by atoms with Gasteiger partial charge in [-0.2, -0.15) is 5.10 Å². The quantitative estimate of drug-likeness (QED) is 0.809. The van der Waals surface area contributed by atoms with Crippen LogP contribution >= 0.6 is 0 Å². The molecule has 6 heteroatoms. The lowest BCUT2D eigenvalue weighted by Crippen LogP contribution is -2.51. The van der Waals surface area contributed by atoms with E-state index < -0.39 is 0 Å². The van der Waals surface area contributed by atoms with Crippen LogP contribution in [-0.4, -0.2) is 57.6 Å². The van der Waals surface area contributed by atoms with Gasteiger partial charge >= 0.3 is 0 Å². The number of aromatic nitrogens is 2. The second-order valence-corrected chi connectivity index (χ2v) is 7.90. The number of nitrogens with zero attached hydrogens (tertiary/aromatic N) is 4. The zero-order chi connectivity index (χ0) is 18.7. The van der Waals surface area contributed by atoms with E-state index >= 15 is 0 Å². The van der Waals surface area contributed by atoms with Crippen LogP contribution in [0.2, 0.25) is 0 Å². The van der Waals surface area contributed by atoms with Crippen molar-refractivity contribution in [3.05, 3.63) is 17.0 Å². The van der Waals surface area contributed by atoms with E-state index in [1.165, 1.54) is 25.7 Å². The molecule has 1 saturated carbocycles. The van der Waals surface area contributed by atoms with Gasteiger partial charge in [-0.05, 0) is 26.2 Å². The van der Waals surface area contributed by atoms with E-state index in [0.29, 0.717) is 39.0 Å². The van der Waals surface area contributed by atoms with Gasteiger partial charge in [0.25, 0.3) is 0 Å². The van der Waals surface area contributed by atoms with Crippen LogP contribution in [0, 0.1) is 19.8 Å². The zero-order valence-corrected chi connectivity index (χ0v) is 16.5. The topological polar surface area (TPSA) is 58.4 Å². The van der Waals surface area contributed by atoms with Crippen LogP contribution in [0.4, 0.5) is 0 Å². The lowest BCUT2D eigenvalue weighted by Gasteiger charge is -2.35. The van der Waals surface area contributed by atoms with Crippen LogP contribution < -0.4 is 0 Å². The van der Waals surface area contributed by atoms with Crippen LogP contribution in [0.15, 0.2) is 0 Å². The van der Waals surface area contributed by atoms with Crippen molar-refractivity contribution >= 4 is 11.8 Å². The Balaban J connectivity index is 1.45. The van der Waals surface area contributed by atoms with Gasteiger partial charge in [-0.25, -0.2) is 0 Å². The Kier molecular flexibility index (Phi) is 5.99. The summed E-state index contributed by atoms with van der Waals surface area (Å²) in [6.45, 7) is 6.58. The van der Waals surface area contributed by atoms with Gasteiger partial charge in [0.2, 0.25) is 11.8 Å². The number of aryl methyl sites for hydroxylation is 2. The molecule has 1 aromatic rings. The molecule has 6 nitrogen and oxygen atoms in total. The lowest BCUT2D eigenvalue weighted by molar-refractivity contribution is -0.139. The molecule has 1 saturated heterocycles. The molecule has 2 amide bonds. The molecule has 2 heterocycles. The number of rotatable bonds is 5. The SMILES string of the molecule is Cc1nn(C)c(C)c1CC(=O)N1CCN(C(=O)CCC2CCCC2)CC1. The first-order valence-corrected chi connectivity index (χ1v) is 10.0. The van der Waals surface area contributed by atoms with Crippen LogP contribution in [0.1, 0.15) is 55.5 Å². The third-order valence-electron chi connectivity index (χ3n) is 6.21. The second-order valence-electron chi connectivity index (χ2n) is 7.90. The Morgan fingerprint density at radius 1 is 1.00 bits per heavy atom. The largest absolute Gasteiger partial charge is 0.339 e. The summed E-state index contributed by atoms with van der Waals surface area (Å²) in [7, 11) is 1.91. The molecular formula is C20H32N4O2. The van der Waals surface area contributed by atoms with Gasteiger partial charge in [0.15, 0.2) is 0 Å². The van der Waals surface area contributed by atoms with E-state index in [4.69, 9.17) is 0 Å². The molecule has 1 aliphatic heterocycles. The van der Waals surface area contributed by atoms with Gasteiger partial charge in [-0.3, -0.25) is 14.3 Å². The monoisotopic (exact) mass is 360 g/mol. The molecule has 26 heavy (non-hydrogen) atoms. The van der Waals surface area contributed by atoms with Crippen LogP contribution in [0.5, 0.6) is 0 Å². The van der Waals surface area contributed by atoms with E-state index in [1.807, 2.05) is 35.4 Å². The first kappa shape index (κ1) is 18.9. The Morgan fingerprint density at radius 2 is 1.58 bits per heavy atom. The maximum absolute atomic E-state index is 12.6. The first-order valence-electron chi connectivity index (χ1n) is 10.0. The number of carbonyl (C=O) groups is 2. The van der Waals surface area contributed by atoms with Gasteiger partial charge in [-0.1, -0.05) is 25.7 Å². The number of hydrogen-bond donors (Lipinski definition) is 0. The maximum Gasteiger partial charge on any atom is 0.227 e. The average molecular weight is 361 g/mol. The molecule has 2 fully saturated rings. The highest BCUT2D eigenvalue weighted by atomic mass is 16.2. The van der Waals surface area contributed by atoms with E-state index in [0.717, 1.165) is 29.3 Å². The molecule has 3 rings (SSSR count). The summed E-state index contributed by atoms with van der Waals surface area (Å²) >= 11 is 0. The normalized spacial score (nSPS) is 18.6. The highest BCUT2D eigenvalue weighted by Crippen LogP contribution is 2.28. The molecule has 144 valence electrons. The molecule has 0 atom stereocenters. The predicted molar refractivity (Wildman–Crippen MR) is 101 cm³/mol. The minimum Gasteiger partial charge on any atom is -0.339 e. The molecule has 1 aliphatic carbocycles. The fraction of sp³-hybridized carbons (Fsp3) is 0.750. The highest BCUT2D eigenvalue weighted by Gasteiger charge is 2.26. The smallest absolute Gasteiger partial charge is 0.227 e. The molecular weight excluding hydrogens is 328 g/mol. The number of amides is 2. The Labute approximate surface area is 156 Å². The van der Waals surface area contributed by atoms with Crippen molar-refractivity contribution in [1.82, 2.24) is 19.6 Å². The summed E-state index contributed by atoms with van der Waals surface area (Å²) in [6.07, 6.45) is 7.36. The molecule has 0 radical (unpaired) electrons. The molecule has 0 bridgehead atoms. The second kappa shape index (κ2) is 8.23. The molecule has 1 aromatic heterocycles. The van der Waals surface area contributed by atoms with Crippen molar-refractivity contribution in [2.24, 2.45) is 13.0 Å². The third kappa shape index (κ3) is 4.27. The van der Waals surface area contributed by atoms with Crippen molar-refractivity contribution in [2.45, 2.75) is 58.8 Å². The summed E-state index contributed by atoms with van der Waals surface area (Å²) in [5.74, 6) is 1.16. The van der Waals surface area contributed by atoms with E-state index in [-0.39, 0.29) is 11.8 Å². The van der Waals surface area contributed by atoms with Crippen molar-refractivity contribution in [3.8, 4) is 0 Å². The van der Waals surface area contributed by atoms with Crippen LogP contribution in [-0.2, 0) is 23.1 Å². The molecule has 0 aromatic carbocycles. The zero-order valence-electron chi connectivity index (χ0n) is 16.5. The van der Waals surface area contributed by atoms with E-state index in [9.17, 15) is 9.59 Å². The number of carbonyl (C=O) groups excluding carboxylic acids is 2. The summed E-state index contributed by atoms with van der Waals surface area (Å²) < 4.78 is 1.83. The van der Waals surface area contributed by atoms with E-state index in [1.54, 1.807) is 0 Å². The Hall–Kier alpha value is -1.85. The standard InChI is InChI=1S/C20H32N4O2/c1-15-18(16(2)22(3)21-15)14-20(26)24-12-10-23(11-13-24)19(25)9-8-17-6-4-5-7-17/h17H,4-14H2,1-3H3. The van der Waals surface area contributed by atoms with Gasteiger partial charge in [0.05, 0.1) is 12.1 Å². The van der Waals surface area contributed by atoms with Gasteiger partial charge in [-0.15, -0.1) is 0 Å². The highest BCUT2D eigenvalue weighted by molar-refractivity contribution is 5.80. The van der Waals surface area contributed by atoms with Gasteiger partial charge in [0, 0.05) is 50.9 Å². The maximum atomic E-state index is 12.6. The summed E-state index contributed by atoms with van der Waals surface area (Å²) in [6, 6.07) is 0. The molecule has 2 aliphatic rings. The Morgan fingerprint density at radius 3 is 2.12 bits per heavy atom. The van der Waals surface area contributed by atoms with Crippen LogP contribution in [0.3, 0.4) is 0 Å². The predicted octanol–water partition coefficient (Wildman–Crippen LogP) is 2.22. The van der Waals surface area contributed by atoms with Gasteiger partial charge < -0.3 is 9.80 Å². The lowest BCUT2D eigenvalue weighted by atomic mass is 10.0. The molecule has 0 spiro atoms. The molecule has 0 N–H and O–H groups in total. The van der Waals surface area contributed by atoms with E-state index in [2.05, 4.69) is 5.10 Å². The minimum absolute atomic E-state index is 0.141. The summed E-state index contributed by atoms with van der Waals surface area (Å²) in [5.41, 5.74) is 3.02. The fourth-order valence-corrected chi connectivity index (χ4v) is 4.33. The van der Waals surface area contributed by atoms with Crippen molar-refractivity contribution < 1.29 is 9.59 Å². The first-order chi connectivity index (χ1) is 12.5. The summed E-state index contributed by atoms with van der Waals surface area (Å²) in [5, 5.41) is 4.39. The minimum atomic E-state index is 0.141. The number of piperazine rings is 1.